The molecule has 5 nitrogen and oxygen atoms in total. The van der Waals surface area contributed by atoms with Gasteiger partial charge < -0.3 is 10.1 Å². The van der Waals surface area contributed by atoms with Crippen molar-refractivity contribution in [3.05, 3.63) is 48.5 Å². The molecule has 6 heteroatoms. The van der Waals surface area contributed by atoms with E-state index in [1.807, 2.05) is 19.1 Å². The largest absolute Gasteiger partial charge is 0.436 e. The van der Waals surface area contributed by atoms with Crippen molar-refractivity contribution in [2.45, 2.75) is 6.92 Å². The van der Waals surface area contributed by atoms with E-state index in [2.05, 4.69) is 20.3 Å². The zero-order valence-electron chi connectivity index (χ0n) is 11.4. The van der Waals surface area contributed by atoms with Gasteiger partial charge in [0.15, 0.2) is 0 Å². The Morgan fingerprint density at radius 2 is 2.10 bits per heavy atom. The van der Waals surface area contributed by atoms with Crippen molar-refractivity contribution >= 4 is 16.9 Å². The summed E-state index contributed by atoms with van der Waals surface area (Å²) in [5, 5.41) is 3.71. The lowest BCUT2D eigenvalue weighted by molar-refractivity contribution is 0.424. The number of pyridine rings is 1. The molecule has 0 unspecified atom stereocenters. The van der Waals surface area contributed by atoms with Gasteiger partial charge in [-0.25, -0.2) is 4.98 Å². The van der Waals surface area contributed by atoms with Crippen LogP contribution in [0.3, 0.4) is 0 Å². The smallest absolute Gasteiger partial charge is 0.260 e. The standard InChI is InChI=1S/C15H13FN4O/c1-2-17-15-19-9-11(16)14(20-15)21-13-7-3-6-12-10(13)5-4-8-18-12/h3-9H,2H2,1H3,(H,17,19,20). The molecule has 3 rings (SSSR count). The normalized spacial score (nSPS) is 10.6. The maximum Gasteiger partial charge on any atom is 0.260 e. The van der Waals surface area contributed by atoms with Gasteiger partial charge in [0.2, 0.25) is 11.8 Å². The van der Waals surface area contributed by atoms with Crippen molar-refractivity contribution < 1.29 is 9.13 Å². The molecule has 0 aliphatic carbocycles. The molecule has 0 radical (unpaired) electrons. The Balaban J connectivity index is 2.00. The Morgan fingerprint density at radius 1 is 1.19 bits per heavy atom. The van der Waals surface area contributed by atoms with Crippen molar-refractivity contribution in [3.63, 3.8) is 0 Å². The van der Waals surface area contributed by atoms with Crippen LogP contribution in [-0.2, 0) is 0 Å². The maximum atomic E-state index is 13.8. The minimum atomic E-state index is -0.613. The van der Waals surface area contributed by atoms with E-state index in [1.165, 1.54) is 0 Å². The van der Waals surface area contributed by atoms with Crippen molar-refractivity contribution in [1.82, 2.24) is 15.0 Å². The van der Waals surface area contributed by atoms with E-state index in [9.17, 15) is 4.39 Å². The molecule has 1 N–H and O–H groups in total. The molecular weight excluding hydrogens is 271 g/mol. The lowest BCUT2D eigenvalue weighted by Crippen LogP contribution is -2.04. The lowest BCUT2D eigenvalue weighted by Gasteiger charge is -2.09. The molecule has 0 aliphatic heterocycles. The Labute approximate surface area is 120 Å². The van der Waals surface area contributed by atoms with Crippen molar-refractivity contribution in [3.8, 4) is 11.6 Å². The average Bonchev–Trinajstić information content (AvgIpc) is 2.51. The molecule has 0 aliphatic rings. The summed E-state index contributed by atoms with van der Waals surface area (Å²) >= 11 is 0. The van der Waals surface area contributed by atoms with Crippen molar-refractivity contribution in [1.29, 1.82) is 0 Å². The second-order valence-corrected chi connectivity index (χ2v) is 4.31. The molecule has 0 fully saturated rings. The van der Waals surface area contributed by atoms with Crippen LogP contribution in [0.2, 0.25) is 0 Å². The molecule has 0 amide bonds. The predicted molar refractivity (Wildman–Crippen MR) is 78.0 cm³/mol. The van der Waals surface area contributed by atoms with E-state index in [0.29, 0.717) is 18.2 Å². The summed E-state index contributed by atoms with van der Waals surface area (Å²) in [4.78, 5) is 12.1. The van der Waals surface area contributed by atoms with Crippen LogP contribution < -0.4 is 10.1 Å². The minimum absolute atomic E-state index is 0.114. The second-order valence-electron chi connectivity index (χ2n) is 4.31. The Kier molecular flexibility index (Phi) is 3.59. The van der Waals surface area contributed by atoms with Crippen LogP contribution in [-0.4, -0.2) is 21.5 Å². The molecule has 0 bridgehead atoms. The van der Waals surface area contributed by atoms with Crippen LogP contribution in [0.5, 0.6) is 11.6 Å². The average molecular weight is 284 g/mol. The van der Waals surface area contributed by atoms with Gasteiger partial charge in [-0.1, -0.05) is 6.07 Å². The third-order valence-electron chi connectivity index (χ3n) is 2.86. The highest BCUT2D eigenvalue weighted by molar-refractivity contribution is 5.85. The van der Waals surface area contributed by atoms with Crippen LogP contribution in [0.25, 0.3) is 10.9 Å². The molecule has 2 aromatic heterocycles. The fourth-order valence-electron chi connectivity index (χ4n) is 1.93. The molecule has 1 aromatic carbocycles. The number of fused-ring (bicyclic) bond motifs is 1. The van der Waals surface area contributed by atoms with Gasteiger partial charge in [-0.2, -0.15) is 9.37 Å². The van der Waals surface area contributed by atoms with Crippen LogP contribution in [0.1, 0.15) is 6.92 Å². The van der Waals surface area contributed by atoms with Crippen LogP contribution in [0, 0.1) is 5.82 Å². The molecule has 0 saturated carbocycles. The molecule has 106 valence electrons. The third-order valence-corrected chi connectivity index (χ3v) is 2.86. The molecule has 0 spiro atoms. The first-order chi connectivity index (χ1) is 10.3. The Morgan fingerprint density at radius 3 is 2.95 bits per heavy atom. The highest BCUT2D eigenvalue weighted by Gasteiger charge is 2.11. The number of hydrogen-bond acceptors (Lipinski definition) is 5. The third kappa shape index (κ3) is 2.74. The summed E-state index contributed by atoms with van der Waals surface area (Å²) in [7, 11) is 0. The van der Waals surface area contributed by atoms with E-state index in [-0.39, 0.29) is 5.88 Å². The first kappa shape index (κ1) is 13.2. The monoisotopic (exact) mass is 284 g/mol. The van der Waals surface area contributed by atoms with Gasteiger partial charge in [-0.3, -0.25) is 4.98 Å². The zero-order chi connectivity index (χ0) is 14.7. The second kappa shape index (κ2) is 5.70. The number of nitrogens with zero attached hydrogens (tertiary/aromatic N) is 3. The summed E-state index contributed by atoms with van der Waals surface area (Å²) < 4.78 is 19.4. The van der Waals surface area contributed by atoms with Gasteiger partial charge >= 0.3 is 0 Å². The maximum absolute atomic E-state index is 13.8. The number of ether oxygens (including phenoxy) is 1. The Hall–Kier alpha value is -2.76. The fourth-order valence-corrected chi connectivity index (χ4v) is 1.93. The van der Waals surface area contributed by atoms with Gasteiger partial charge in [-0.05, 0) is 31.2 Å². The van der Waals surface area contributed by atoms with Gasteiger partial charge in [0.25, 0.3) is 5.88 Å². The van der Waals surface area contributed by atoms with E-state index < -0.39 is 5.82 Å². The van der Waals surface area contributed by atoms with Crippen LogP contribution in [0.4, 0.5) is 10.3 Å². The summed E-state index contributed by atoms with van der Waals surface area (Å²) in [6, 6.07) is 9.08. The summed E-state index contributed by atoms with van der Waals surface area (Å²) in [6.07, 6.45) is 2.78. The molecule has 0 atom stereocenters. The quantitative estimate of drug-likeness (QED) is 0.795. The molecular formula is C15H13FN4O. The van der Waals surface area contributed by atoms with E-state index in [4.69, 9.17) is 4.74 Å². The number of anilines is 1. The lowest BCUT2D eigenvalue weighted by atomic mass is 10.2. The molecule has 2 heterocycles. The van der Waals surface area contributed by atoms with Crippen molar-refractivity contribution in [2.24, 2.45) is 0 Å². The topological polar surface area (TPSA) is 59.9 Å². The highest BCUT2D eigenvalue weighted by atomic mass is 19.1. The van der Waals surface area contributed by atoms with Gasteiger partial charge in [-0.15, -0.1) is 0 Å². The Bertz CT molecular complexity index is 773. The summed E-state index contributed by atoms with van der Waals surface area (Å²) in [6.45, 7) is 2.55. The number of hydrogen-bond donors (Lipinski definition) is 1. The fraction of sp³-hybridized carbons (Fsp3) is 0.133. The van der Waals surface area contributed by atoms with Crippen molar-refractivity contribution in [2.75, 3.05) is 11.9 Å². The number of benzene rings is 1. The minimum Gasteiger partial charge on any atom is -0.436 e. The van der Waals surface area contributed by atoms with E-state index in [0.717, 1.165) is 17.1 Å². The summed E-state index contributed by atoms with van der Waals surface area (Å²) in [5.74, 6) is 0.0998. The summed E-state index contributed by atoms with van der Waals surface area (Å²) in [5.41, 5.74) is 0.774. The van der Waals surface area contributed by atoms with Gasteiger partial charge in [0.1, 0.15) is 5.75 Å². The van der Waals surface area contributed by atoms with Crippen LogP contribution >= 0.6 is 0 Å². The number of halogens is 1. The predicted octanol–water partition coefficient (Wildman–Crippen LogP) is 3.39. The number of nitrogens with one attached hydrogen (secondary N) is 1. The zero-order valence-corrected chi connectivity index (χ0v) is 11.4. The molecule has 0 saturated heterocycles. The molecule has 3 aromatic rings. The van der Waals surface area contributed by atoms with E-state index in [1.54, 1.807) is 24.4 Å². The number of rotatable bonds is 4. The highest BCUT2D eigenvalue weighted by Crippen LogP contribution is 2.29. The first-order valence-corrected chi connectivity index (χ1v) is 6.56. The molecule has 21 heavy (non-hydrogen) atoms. The SMILES string of the molecule is CCNc1ncc(F)c(Oc2cccc3ncccc23)n1. The first-order valence-electron chi connectivity index (χ1n) is 6.56. The van der Waals surface area contributed by atoms with Crippen LogP contribution in [0.15, 0.2) is 42.7 Å². The number of aromatic nitrogens is 3. The van der Waals surface area contributed by atoms with Gasteiger partial charge in [0.05, 0.1) is 11.7 Å². The van der Waals surface area contributed by atoms with E-state index >= 15 is 0 Å². The van der Waals surface area contributed by atoms with Gasteiger partial charge in [0, 0.05) is 18.1 Å².